The minimum Gasteiger partial charge on any atom is -0.302 e. The second-order valence-corrected chi connectivity index (χ2v) is 5.51. The van der Waals surface area contributed by atoms with Crippen LogP contribution in [0.15, 0.2) is 0 Å². The van der Waals surface area contributed by atoms with Gasteiger partial charge in [-0.3, -0.25) is 15.1 Å². The summed E-state index contributed by atoms with van der Waals surface area (Å²) < 4.78 is 0. The van der Waals surface area contributed by atoms with Crippen molar-refractivity contribution in [2.75, 3.05) is 32.7 Å². The van der Waals surface area contributed by atoms with E-state index >= 15 is 0 Å². The topological polar surface area (TPSA) is 61.6 Å². The normalized spacial score (nSPS) is 25.7. The van der Waals surface area contributed by atoms with E-state index < -0.39 is 0 Å². The average Bonchev–Trinajstić information content (AvgIpc) is 2.73. The fourth-order valence-corrected chi connectivity index (χ4v) is 3.18. The van der Waals surface area contributed by atoms with Gasteiger partial charge in [0.15, 0.2) is 0 Å². The number of carbonyl (C=O) groups is 1. The van der Waals surface area contributed by atoms with Gasteiger partial charge in [0.2, 0.25) is 5.91 Å². The summed E-state index contributed by atoms with van der Waals surface area (Å²) in [7, 11) is 0. The number of carbonyl (C=O) groups excluding carboxylic acids is 1. The molecule has 0 radical (unpaired) electrons. The van der Waals surface area contributed by atoms with Crippen molar-refractivity contribution in [3.63, 3.8) is 0 Å². The maximum absolute atomic E-state index is 11.0. The van der Waals surface area contributed by atoms with E-state index in [0.29, 0.717) is 6.42 Å². The summed E-state index contributed by atoms with van der Waals surface area (Å²) in [6.07, 6.45) is 6.62. The Hall–Kier alpha value is -0.650. The molecule has 2 rings (SSSR count). The van der Waals surface area contributed by atoms with Gasteiger partial charge in [0.1, 0.15) is 0 Å². The molecule has 0 aromatic heterocycles. The fraction of sp³-hybridized carbons (Fsp3) is 0.923. The first kappa shape index (κ1) is 13.8. The Morgan fingerprint density at radius 3 is 2.89 bits per heavy atom. The van der Waals surface area contributed by atoms with Crippen molar-refractivity contribution in [3.8, 4) is 0 Å². The van der Waals surface area contributed by atoms with E-state index in [0.717, 1.165) is 25.4 Å². The number of nitrogens with zero attached hydrogens (tertiary/aromatic N) is 2. The fourth-order valence-electron chi connectivity index (χ4n) is 3.18. The van der Waals surface area contributed by atoms with Gasteiger partial charge in [-0.25, -0.2) is 5.84 Å². The van der Waals surface area contributed by atoms with E-state index in [-0.39, 0.29) is 5.91 Å². The van der Waals surface area contributed by atoms with Gasteiger partial charge in [0.05, 0.1) is 0 Å². The first-order valence-corrected chi connectivity index (χ1v) is 7.25. The van der Waals surface area contributed by atoms with Gasteiger partial charge in [-0.2, -0.15) is 0 Å². The lowest BCUT2D eigenvalue weighted by molar-refractivity contribution is -0.121. The smallest absolute Gasteiger partial charge is 0.233 e. The van der Waals surface area contributed by atoms with Crippen LogP contribution < -0.4 is 11.3 Å². The second kappa shape index (κ2) is 7.07. The first-order chi connectivity index (χ1) is 8.79. The summed E-state index contributed by atoms with van der Waals surface area (Å²) in [6.45, 7) is 6.15. The van der Waals surface area contributed by atoms with Crippen molar-refractivity contribution in [3.05, 3.63) is 0 Å². The van der Waals surface area contributed by atoms with Crippen LogP contribution in [0.4, 0.5) is 0 Å². The highest BCUT2D eigenvalue weighted by molar-refractivity contribution is 5.75. The number of amides is 1. The highest BCUT2D eigenvalue weighted by Crippen LogP contribution is 2.21. The van der Waals surface area contributed by atoms with Crippen molar-refractivity contribution in [1.29, 1.82) is 0 Å². The molecule has 2 aliphatic heterocycles. The van der Waals surface area contributed by atoms with Crippen LogP contribution in [-0.4, -0.2) is 54.5 Å². The van der Waals surface area contributed by atoms with E-state index in [1.165, 1.54) is 45.4 Å². The largest absolute Gasteiger partial charge is 0.302 e. The van der Waals surface area contributed by atoms with Gasteiger partial charge in [0, 0.05) is 19.0 Å². The van der Waals surface area contributed by atoms with Crippen molar-refractivity contribution in [2.45, 2.75) is 44.6 Å². The molecule has 0 aromatic rings. The van der Waals surface area contributed by atoms with Crippen molar-refractivity contribution < 1.29 is 4.79 Å². The quantitative estimate of drug-likeness (QED) is 0.321. The van der Waals surface area contributed by atoms with Gasteiger partial charge in [0.25, 0.3) is 0 Å². The van der Waals surface area contributed by atoms with Crippen LogP contribution >= 0.6 is 0 Å². The van der Waals surface area contributed by atoms with Gasteiger partial charge in [-0.05, 0) is 58.3 Å². The van der Waals surface area contributed by atoms with Crippen LogP contribution in [0.2, 0.25) is 0 Å². The molecule has 0 bridgehead atoms. The Bertz CT molecular complexity index is 272. The summed E-state index contributed by atoms with van der Waals surface area (Å²) in [5.74, 6) is 5.01. The van der Waals surface area contributed by atoms with Gasteiger partial charge in [-0.1, -0.05) is 0 Å². The highest BCUT2D eigenvalue weighted by Gasteiger charge is 2.28. The molecule has 5 heteroatoms. The van der Waals surface area contributed by atoms with Crippen molar-refractivity contribution in [2.24, 2.45) is 5.84 Å². The number of hydrazine groups is 1. The molecule has 2 aliphatic rings. The third kappa shape index (κ3) is 3.93. The molecule has 0 spiro atoms. The van der Waals surface area contributed by atoms with E-state index in [2.05, 4.69) is 15.2 Å². The number of rotatable bonds is 5. The predicted molar refractivity (Wildman–Crippen MR) is 71.8 cm³/mol. The molecule has 1 unspecified atom stereocenters. The number of hydrogen-bond donors (Lipinski definition) is 2. The Kier molecular flexibility index (Phi) is 5.41. The maximum Gasteiger partial charge on any atom is 0.233 e. The predicted octanol–water partition coefficient (Wildman–Crippen LogP) is 0.317. The molecular weight excluding hydrogens is 228 g/mol. The van der Waals surface area contributed by atoms with E-state index in [4.69, 9.17) is 5.84 Å². The van der Waals surface area contributed by atoms with Gasteiger partial charge in [-0.15, -0.1) is 0 Å². The Morgan fingerprint density at radius 1 is 1.22 bits per heavy atom. The molecule has 1 atom stereocenters. The molecule has 0 aliphatic carbocycles. The lowest BCUT2D eigenvalue weighted by Gasteiger charge is -2.25. The Balaban J connectivity index is 1.64. The molecule has 2 heterocycles. The van der Waals surface area contributed by atoms with Crippen molar-refractivity contribution in [1.82, 2.24) is 15.2 Å². The van der Waals surface area contributed by atoms with Crippen LogP contribution in [-0.2, 0) is 4.79 Å². The summed E-state index contributed by atoms with van der Waals surface area (Å²) in [6, 6.07) is 0.792. The third-order valence-corrected chi connectivity index (χ3v) is 4.18. The number of unbranched alkanes of at least 4 members (excludes halogenated alkanes) is 1. The molecule has 0 saturated carbocycles. The zero-order valence-corrected chi connectivity index (χ0v) is 11.2. The molecular formula is C13H26N4O. The Morgan fingerprint density at radius 2 is 2.06 bits per heavy atom. The van der Waals surface area contributed by atoms with E-state index in [9.17, 15) is 4.79 Å². The summed E-state index contributed by atoms with van der Waals surface area (Å²) in [4.78, 5) is 16.2. The zero-order chi connectivity index (χ0) is 12.8. The molecule has 5 nitrogen and oxygen atoms in total. The molecule has 2 saturated heterocycles. The summed E-state index contributed by atoms with van der Waals surface area (Å²) >= 11 is 0. The monoisotopic (exact) mass is 254 g/mol. The number of hydrogen-bond acceptors (Lipinski definition) is 4. The Labute approximate surface area is 110 Å². The molecule has 0 aromatic carbocycles. The lowest BCUT2D eigenvalue weighted by Crippen LogP contribution is -2.37. The van der Waals surface area contributed by atoms with Crippen molar-refractivity contribution >= 4 is 5.91 Å². The van der Waals surface area contributed by atoms with Crippen LogP contribution in [0.1, 0.15) is 38.5 Å². The molecule has 2 fully saturated rings. The molecule has 104 valence electrons. The van der Waals surface area contributed by atoms with Gasteiger partial charge >= 0.3 is 0 Å². The van der Waals surface area contributed by atoms with E-state index in [1.54, 1.807) is 0 Å². The van der Waals surface area contributed by atoms with Gasteiger partial charge < -0.3 is 4.90 Å². The highest BCUT2D eigenvalue weighted by atomic mass is 16.2. The minimum absolute atomic E-state index is 0.0483. The maximum atomic E-state index is 11.0. The second-order valence-electron chi connectivity index (χ2n) is 5.51. The molecule has 1 amide bonds. The van der Waals surface area contributed by atoms with Crippen LogP contribution in [0.3, 0.4) is 0 Å². The number of nitrogens with one attached hydrogen (secondary N) is 1. The number of fused-ring (bicyclic) bond motifs is 1. The lowest BCUT2D eigenvalue weighted by atomic mass is 10.2. The minimum atomic E-state index is -0.0483. The summed E-state index contributed by atoms with van der Waals surface area (Å²) in [5.41, 5.74) is 2.18. The zero-order valence-electron chi connectivity index (χ0n) is 11.2. The average molecular weight is 254 g/mol. The molecule has 3 N–H and O–H groups in total. The first-order valence-electron chi connectivity index (χ1n) is 7.25. The third-order valence-electron chi connectivity index (χ3n) is 4.18. The standard InChI is InChI=1S/C13H26N4O/c14-15-13(18)6-1-2-7-16-8-4-10-17-9-3-5-12(17)11-16/h12H,1-11,14H2,(H,15,18). The summed E-state index contributed by atoms with van der Waals surface area (Å²) in [5, 5.41) is 0. The van der Waals surface area contributed by atoms with Crippen LogP contribution in [0, 0.1) is 0 Å². The van der Waals surface area contributed by atoms with Crippen LogP contribution in [0.25, 0.3) is 0 Å². The number of nitrogens with two attached hydrogens (primary N) is 1. The SMILES string of the molecule is NNC(=O)CCCCN1CCCN2CCCC2C1. The van der Waals surface area contributed by atoms with E-state index in [1.807, 2.05) is 0 Å². The molecule has 18 heavy (non-hydrogen) atoms. The van der Waals surface area contributed by atoms with Crippen LogP contribution in [0.5, 0.6) is 0 Å².